The van der Waals surface area contributed by atoms with Gasteiger partial charge in [-0.2, -0.15) is 5.10 Å². The number of ether oxygens (including phenoxy) is 2. The van der Waals surface area contributed by atoms with Gasteiger partial charge in [0, 0.05) is 25.8 Å². The van der Waals surface area contributed by atoms with E-state index < -0.39 is 0 Å². The Morgan fingerprint density at radius 1 is 1.13 bits per heavy atom. The van der Waals surface area contributed by atoms with Gasteiger partial charge in [-0.25, -0.2) is 4.68 Å². The normalized spacial score (nSPS) is 12.5. The molecule has 156 valence electrons. The minimum absolute atomic E-state index is 0.160. The summed E-state index contributed by atoms with van der Waals surface area (Å²) in [5, 5.41) is 7.71. The molecule has 7 nitrogen and oxygen atoms in total. The van der Waals surface area contributed by atoms with Crippen molar-refractivity contribution < 1.29 is 14.3 Å². The Kier molecular flexibility index (Phi) is 5.81. The van der Waals surface area contributed by atoms with Crippen molar-refractivity contribution in [2.24, 2.45) is 0 Å². The minimum Gasteiger partial charge on any atom is -0.486 e. The number of hydrogen-bond acceptors (Lipinski definition) is 5. The number of halogens is 1. The molecular weight excluding hydrogens is 404 g/mol. The lowest BCUT2D eigenvalue weighted by Gasteiger charge is -2.20. The summed E-state index contributed by atoms with van der Waals surface area (Å²) in [5.74, 6) is 1.58. The van der Waals surface area contributed by atoms with Gasteiger partial charge in [0.05, 0.1) is 24.2 Å². The van der Waals surface area contributed by atoms with Gasteiger partial charge in [-0.05, 0) is 35.4 Å². The molecule has 0 saturated carbocycles. The molecule has 1 aliphatic heterocycles. The molecule has 1 N–H and O–H groups in total. The molecule has 30 heavy (non-hydrogen) atoms. The number of nitrogens with one attached hydrogen (secondary N) is 1. The first kappa shape index (κ1) is 20.1. The predicted octanol–water partition coefficient (Wildman–Crippen LogP) is 3.60. The van der Waals surface area contributed by atoms with Crippen LogP contribution in [-0.2, 0) is 17.8 Å². The lowest BCUT2D eigenvalue weighted by Crippen LogP contribution is -2.19. The van der Waals surface area contributed by atoms with Crippen molar-refractivity contribution in [2.45, 2.75) is 13.0 Å². The quantitative estimate of drug-likeness (QED) is 0.652. The summed E-state index contributed by atoms with van der Waals surface area (Å²) in [6.45, 7) is 1.49. The van der Waals surface area contributed by atoms with Crippen LogP contribution in [0.1, 0.15) is 11.1 Å². The summed E-state index contributed by atoms with van der Waals surface area (Å²) in [4.78, 5) is 14.7. The van der Waals surface area contributed by atoms with Crippen LogP contribution in [0.4, 0.5) is 11.5 Å². The van der Waals surface area contributed by atoms with Crippen molar-refractivity contribution in [1.82, 2.24) is 9.78 Å². The van der Waals surface area contributed by atoms with Gasteiger partial charge in [0.15, 0.2) is 11.5 Å². The average molecular weight is 427 g/mol. The Labute approximate surface area is 180 Å². The third-order valence-electron chi connectivity index (χ3n) is 4.79. The van der Waals surface area contributed by atoms with Crippen molar-refractivity contribution in [2.75, 3.05) is 37.5 Å². The van der Waals surface area contributed by atoms with Crippen LogP contribution in [-0.4, -0.2) is 43.0 Å². The zero-order chi connectivity index (χ0) is 21.1. The van der Waals surface area contributed by atoms with E-state index >= 15 is 0 Å². The Balaban J connectivity index is 1.42. The second kappa shape index (κ2) is 8.67. The van der Waals surface area contributed by atoms with E-state index in [4.69, 9.17) is 21.1 Å². The lowest BCUT2D eigenvalue weighted by atomic mass is 10.1. The number of amides is 1. The molecule has 1 aliphatic rings. The van der Waals surface area contributed by atoms with Gasteiger partial charge in [-0.15, -0.1) is 0 Å². The SMILES string of the molecule is CN(C)c1ccc(Cn2nccc2NC(=O)Cc2cc(Cl)c3c(c2)OCCO3)cc1. The summed E-state index contributed by atoms with van der Waals surface area (Å²) >= 11 is 6.27. The largest absolute Gasteiger partial charge is 0.486 e. The van der Waals surface area contributed by atoms with Gasteiger partial charge in [0.2, 0.25) is 5.91 Å². The van der Waals surface area contributed by atoms with Crippen LogP contribution in [0.15, 0.2) is 48.7 Å². The fourth-order valence-electron chi connectivity index (χ4n) is 3.28. The van der Waals surface area contributed by atoms with E-state index in [0.29, 0.717) is 42.1 Å². The topological polar surface area (TPSA) is 68.6 Å². The molecule has 2 heterocycles. The van der Waals surface area contributed by atoms with Crippen molar-refractivity contribution in [3.05, 3.63) is 64.8 Å². The second-order valence-electron chi connectivity index (χ2n) is 7.26. The first-order valence-electron chi connectivity index (χ1n) is 9.65. The number of hydrogen-bond donors (Lipinski definition) is 1. The first-order valence-corrected chi connectivity index (χ1v) is 10.0. The molecular formula is C22H23ClN4O3. The van der Waals surface area contributed by atoms with E-state index in [-0.39, 0.29) is 12.3 Å². The van der Waals surface area contributed by atoms with Gasteiger partial charge in [0.1, 0.15) is 19.0 Å². The predicted molar refractivity (Wildman–Crippen MR) is 117 cm³/mol. The molecule has 0 fully saturated rings. The van der Waals surface area contributed by atoms with Crippen LogP contribution in [0.25, 0.3) is 0 Å². The maximum absolute atomic E-state index is 12.6. The van der Waals surface area contributed by atoms with Crippen molar-refractivity contribution in [1.29, 1.82) is 0 Å². The van der Waals surface area contributed by atoms with Gasteiger partial charge >= 0.3 is 0 Å². The smallest absolute Gasteiger partial charge is 0.229 e. The van der Waals surface area contributed by atoms with E-state index in [0.717, 1.165) is 16.8 Å². The Bertz CT molecular complexity index is 1050. The molecule has 0 spiro atoms. The standard InChI is InChI=1S/C22H23ClN4O3/c1-26(2)17-5-3-15(4-6-17)14-27-20(7-8-24-27)25-21(28)13-16-11-18(23)22-19(12-16)29-9-10-30-22/h3-8,11-12H,9-10,13-14H2,1-2H3,(H,25,28). The summed E-state index contributed by atoms with van der Waals surface area (Å²) in [7, 11) is 4.01. The third kappa shape index (κ3) is 4.52. The number of carbonyl (C=O) groups excluding carboxylic acids is 1. The number of carbonyl (C=O) groups is 1. The van der Waals surface area contributed by atoms with E-state index in [9.17, 15) is 4.79 Å². The molecule has 1 aromatic heterocycles. The lowest BCUT2D eigenvalue weighted by molar-refractivity contribution is -0.115. The molecule has 3 aromatic rings. The number of rotatable bonds is 6. The van der Waals surface area contributed by atoms with Gasteiger partial charge in [-0.1, -0.05) is 23.7 Å². The molecule has 0 bridgehead atoms. The average Bonchev–Trinajstić information content (AvgIpc) is 3.14. The van der Waals surface area contributed by atoms with Crippen LogP contribution < -0.4 is 19.7 Å². The molecule has 0 aliphatic carbocycles. The van der Waals surface area contributed by atoms with Gasteiger partial charge in [0.25, 0.3) is 0 Å². The van der Waals surface area contributed by atoms with Crippen molar-refractivity contribution in [3.63, 3.8) is 0 Å². The second-order valence-corrected chi connectivity index (χ2v) is 7.67. The zero-order valence-electron chi connectivity index (χ0n) is 16.9. The molecule has 2 aromatic carbocycles. The molecule has 0 atom stereocenters. The number of benzene rings is 2. The monoisotopic (exact) mass is 426 g/mol. The number of anilines is 2. The Hall–Kier alpha value is -3.19. The minimum atomic E-state index is -0.160. The number of aromatic nitrogens is 2. The van der Waals surface area contributed by atoms with E-state index in [2.05, 4.69) is 34.7 Å². The van der Waals surface area contributed by atoms with E-state index in [1.807, 2.05) is 19.0 Å². The number of nitrogens with zero attached hydrogens (tertiary/aromatic N) is 3. The van der Waals surface area contributed by atoms with Crippen molar-refractivity contribution >= 4 is 29.0 Å². The molecule has 0 unspecified atom stereocenters. The number of fused-ring (bicyclic) bond motifs is 1. The zero-order valence-corrected chi connectivity index (χ0v) is 17.6. The molecule has 1 amide bonds. The van der Waals surface area contributed by atoms with Crippen molar-refractivity contribution in [3.8, 4) is 11.5 Å². The maximum Gasteiger partial charge on any atom is 0.229 e. The highest BCUT2D eigenvalue weighted by molar-refractivity contribution is 6.32. The summed E-state index contributed by atoms with van der Waals surface area (Å²) in [6, 6.07) is 13.5. The van der Waals surface area contributed by atoms with E-state index in [1.54, 1.807) is 29.1 Å². The molecule has 4 rings (SSSR count). The fourth-order valence-corrected chi connectivity index (χ4v) is 3.56. The molecule has 8 heteroatoms. The van der Waals surface area contributed by atoms with Crippen LogP contribution in [0.2, 0.25) is 5.02 Å². The van der Waals surface area contributed by atoms with Crippen LogP contribution in [0, 0.1) is 0 Å². The Morgan fingerprint density at radius 2 is 1.90 bits per heavy atom. The summed E-state index contributed by atoms with van der Waals surface area (Å²) in [6.07, 6.45) is 1.84. The molecule has 0 radical (unpaired) electrons. The third-order valence-corrected chi connectivity index (χ3v) is 5.07. The highest BCUT2D eigenvalue weighted by Gasteiger charge is 2.18. The Morgan fingerprint density at radius 3 is 2.67 bits per heavy atom. The molecule has 0 saturated heterocycles. The van der Waals surface area contributed by atoms with Gasteiger partial charge in [-0.3, -0.25) is 4.79 Å². The first-order chi connectivity index (χ1) is 14.5. The fraction of sp³-hybridized carbons (Fsp3) is 0.273. The maximum atomic E-state index is 12.6. The summed E-state index contributed by atoms with van der Waals surface area (Å²) in [5.41, 5.74) is 2.98. The van der Waals surface area contributed by atoms with Crippen LogP contribution >= 0.6 is 11.6 Å². The van der Waals surface area contributed by atoms with Crippen LogP contribution in [0.5, 0.6) is 11.5 Å². The highest BCUT2D eigenvalue weighted by Crippen LogP contribution is 2.38. The van der Waals surface area contributed by atoms with Gasteiger partial charge < -0.3 is 19.7 Å². The van der Waals surface area contributed by atoms with E-state index in [1.165, 1.54) is 0 Å². The van der Waals surface area contributed by atoms with Crippen LogP contribution in [0.3, 0.4) is 0 Å². The highest BCUT2D eigenvalue weighted by atomic mass is 35.5. The summed E-state index contributed by atoms with van der Waals surface area (Å²) < 4.78 is 12.9.